The molecule has 160 valence electrons. The molecular formula is C20H14F4N4O3. The molecule has 4 rings (SSSR count). The molecule has 0 saturated carbocycles. The Balaban J connectivity index is 1.78. The smallest absolute Gasteiger partial charge is 0.403 e. The molecule has 3 heterocycles. The molecule has 1 aromatic carbocycles. The van der Waals surface area contributed by atoms with Crippen LogP contribution in [-0.2, 0) is 5.54 Å². The second kappa shape index (κ2) is 7.42. The van der Waals surface area contributed by atoms with E-state index in [9.17, 15) is 27.2 Å². The number of hydrogen-bond acceptors (Lipinski definition) is 5. The number of carbonyl (C=O) groups excluding carboxylic acids is 1. The van der Waals surface area contributed by atoms with Gasteiger partial charge in [-0.05, 0) is 35.9 Å². The number of rotatable bonds is 4. The van der Waals surface area contributed by atoms with E-state index >= 15 is 0 Å². The van der Waals surface area contributed by atoms with Gasteiger partial charge in [0.2, 0.25) is 5.56 Å². The minimum absolute atomic E-state index is 0.0629. The topological polar surface area (TPSA) is 96.1 Å². The van der Waals surface area contributed by atoms with E-state index in [1.807, 2.05) is 0 Å². The van der Waals surface area contributed by atoms with E-state index in [2.05, 4.69) is 25.3 Å². The fraction of sp³-hybridized carbons (Fsp3) is 0.150. The van der Waals surface area contributed by atoms with Crippen molar-refractivity contribution >= 4 is 11.6 Å². The van der Waals surface area contributed by atoms with Crippen molar-refractivity contribution in [1.29, 1.82) is 0 Å². The molecule has 0 aliphatic carbocycles. The lowest BCUT2D eigenvalue weighted by molar-refractivity contribution is -0.275. The summed E-state index contributed by atoms with van der Waals surface area (Å²) in [6.07, 6.45) is -2.36. The molecule has 0 bridgehead atoms. The van der Waals surface area contributed by atoms with Gasteiger partial charge in [-0.2, -0.15) is 0 Å². The quantitative estimate of drug-likeness (QED) is 0.549. The number of halogens is 4. The summed E-state index contributed by atoms with van der Waals surface area (Å²) in [6.45, 7) is 0.0629. The maximum Gasteiger partial charge on any atom is 0.573 e. The summed E-state index contributed by atoms with van der Waals surface area (Å²) in [5.41, 5.74) is -0.579. The van der Waals surface area contributed by atoms with E-state index in [4.69, 9.17) is 0 Å². The highest BCUT2D eigenvalue weighted by Gasteiger charge is 2.44. The summed E-state index contributed by atoms with van der Waals surface area (Å²) in [7, 11) is 0. The van der Waals surface area contributed by atoms with Crippen molar-refractivity contribution in [1.82, 2.24) is 15.3 Å². The number of ether oxygens (including phenoxy) is 1. The number of carbonyl (C=O) groups is 1. The molecule has 1 atom stereocenters. The van der Waals surface area contributed by atoms with Crippen molar-refractivity contribution in [3.63, 3.8) is 0 Å². The lowest BCUT2D eigenvalue weighted by atomic mass is 9.87. The van der Waals surface area contributed by atoms with Gasteiger partial charge in [0.05, 0.1) is 16.9 Å². The van der Waals surface area contributed by atoms with Gasteiger partial charge in [0.15, 0.2) is 11.6 Å². The van der Waals surface area contributed by atoms with Crippen LogP contribution in [0.3, 0.4) is 0 Å². The minimum Gasteiger partial charge on any atom is -0.403 e. The Morgan fingerprint density at radius 2 is 2.00 bits per heavy atom. The van der Waals surface area contributed by atoms with Gasteiger partial charge in [-0.1, -0.05) is 6.07 Å². The highest BCUT2D eigenvalue weighted by molar-refractivity contribution is 5.95. The average Bonchev–Trinajstić information content (AvgIpc) is 3.09. The first-order chi connectivity index (χ1) is 14.7. The number of benzene rings is 1. The Labute approximate surface area is 172 Å². The van der Waals surface area contributed by atoms with Gasteiger partial charge in [-0.3, -0.25) is 14.6 Å². The second-order valence-electron chi connectivity index (χ2n) is 6.75. The number of aromatic nitrogens is 2. The van der Waals surface area contributed by atoms with Crippen molar-refractivity contribution in [2.45, 2.75) is 11.9 Å². The highest BCUT2D eigenvalue weighted by Crippen LogP contribution is 2.40. The Morgan fingerprint density at radius 1 is 1.19 bits per heavy atom. The summed E-state index contributed by atoms with van der Waals surface area (Å²) in [6, 6.07) is 8.77. The zero-order valence-corrected chi connectivity index (χ0v) is 15.6. The second-order valence-corrected chi connectivity index (χ2v) is 6.75. The molecular weight excluding hydrogens is 420 g/mol. The number of pyridine rings is 2. The predicted molar refractivity (Wildman–Crippen MR) is 101 cm³/mol. The molecule has 3 aromatic rings. The molecule has 11 heteroatoms. The third-order valence-electron chi connectivity index (χ3n) is 4.78. The van der Waals surface area contributed by atoms with E-state index < -0.39 is 34.9 Å². The molecule has 2 aromatic heterocycles. The van der Waals surface area contributed by atoms with Crippen LogP contribution >= 0.6 is 0 Å². The summed E-state index contributed by atoms with van der Waals surface area (Å²) in [5, 5.41) is 5.84. The van der Waals surface area contributed by atoms with E-state index in [1.165, 1.54) is 30.6 Å². The Morgan fingerprint density at radius 3 is 2.68 bits per heavy atom. The third kappa shape index (κ3) is 3.93. The normalized spacial score (nSPS) is 17.5. The van der Waals surface area contributed by atoms with Crippen molar-refractivity contribution in [2.75, 3.05) is 11.9 Å². The van der Waals surface area contributed by atoms with E-state index in [0.29, 0.717) is 11.4 Å². The average molecular weight is 434 g/mol. The SMILES string of the molecule is O=C(N[C@]1(c2ccc(OC(F)(F)F)c(F)c2)CNc2cccnc21)c1ccc(=O)[nH]c1. The van der Waals surface area contributed by atoms with Crippen LogP contribution in [0.4, 0.5) is 23.2 Å². The zero-order chi connectivity index (χ0) is 22.2. The van der Waals surface area contributed by atoms with Crippen LogP contribution in [0.25, 0.3) is 0 Å². The largest absolute Gasteiger partial charge is 0.573 e. The Kier molecular flexibility index (Phi) is 4.88. The van der Waals surface area contributed by atoms with Crippen LogP contribution in [-0.4, -0.2) is 28.8 Å². The molecule has 7 nitrogen and oxygen atoms in total. The summed E-state index contributed by atoms with van der Waals surface area (Å²) < 4.78 is 55.6. The number of alkyl halides is 3. The van der Waals surface area contributed by atoms with Crippen LogP contribution < -0.4 is 20.9 Å². The zero-order valence-electron chi connectivity index (χ0n) is 15.6. The predicted octanol–water partition coefficient (Wildman–Crippen LogP) is 2.91. The number of hydrogen-bond donors (Lipinski definition) is 3. The fourth-order valence-corrected chi connectivity index (χ4v) is 3.41. The van der Waals surface area contributed by atoms with Crippen LogP contribution in [0.5, 0.6) is 5.75 Å². The molecule has 0 spiro atoms. The van der Waals surface area contributed by atoms with E-state index in [1.54, 1.807) is 12.1 Å². The van der Waals surface area contributed by atoms with Crippen molar-refractivity contribution in [2.24, 2.45) is 0 Å². The lowest BCUT2D eigenvalue weighted by Gasteiger charge is -2.30. The van der Waals surface area contributed by atoms with Gasteiger partial charge in [-0.25, -0.2) is 4.39 Å². The van der Waals surface area contributed by atoms with Crippen LogP contribution in [0.2, 0.25) is 0 Å². The van der Waals surface area contributed by atoms with Gasteiger partial charge in [0, 0.05) is 25.0 Å². The number of fused-ring (bicyclic) bond motifs is 1. The molecule has 0 saturated heterocycles. The molecule has 0 radical (unpaired) electrons. The van der Waals surface area contributed by atoms with E-state index in [0.717, 1.165) is 12.1 Å². The van der Waals surface area contributed by atoms with E-state index in [-0.39, 0.29) is 17.7 Å². The summed E-state index contributed by atoms with van der Waals surface area (Å²) in [4.78, 5) is 30.8. The third-order valence-corrected chi connectivity index (χ3v) is 4.78. The van der Waals surface area contributed by atoms with Gasteiger partial charge < -0.3 is 20.4 Å². The molecule has 1 aliphatic heterocycles. The van der Waals surface area contributed by atoms with Gasteiger partial charge >= 0.3 is 6.36 Å². The van der Waals surface area contributed by atoms with Crippen LogP contribution in [0.15, 0.2) is 59.7 Å². The molecule has 0 unspecified atom stereocenters. The maximum absolute atomic E-state index is 14.5. The summed E-state index contributed by atoms with van der Waals surface area (Å²) in [5.74, 6) is -2.85. The number of H-pyrrole nitrogens is 1. The molecule has 1 aliphatic rings. The molecule has 3 N–H and O–H groups in total. The monoisotopic (exact) mass is 434 g/mol. The lowest BCUT2D eigenvalue weighted by Crippen LogP contribution is -2.49. The first-order valence-corrected chi connectivity index (χ1v) is 8.94. The first kappa shape index (κ1) is 20.4. The Bertz CT molecular complexity index is 1190. The van der Waals surface area contributed by atoms with Gasteiger partial charge in [-0.15, -0.1) is 13.2 Å². The number of aromatic amines is 1. The van der Waals surface area contributed by atoms with Gasteiger partial charge in [0.25, 0.3) is 5.91 Å². The van der Waals surface area contributed by atoms with Crippen molar-refractivity contribution in [3.8, 4) is 5.75 Å². The highest BCUT2D eigenvalue weighted by atomic mass is 19.4. The summed E-state index contributed by atoms with van der Waals surface area (Å²) >= 11 is 0. The van der Waals surface area contributed by atoms with Crippen molar-refractivity contribution in [3.05, 3.63) is 87.9 Å². The van der Waals surface area contributed by atoms with Crippen LogP contribution in [0.1, 0.15) is 21.6 Å². The minimum atomic E-state index is -5.05. The van der Waals surface area contributed by atoms with Gasteiger partial charge in [0.1, 0.15) is 5.54 Å². The number of amides is 1. The Hall–Kier alpha value is -3.89. The van der Waals surface area contributed by atoms with Crippen molar-refractivity contribution < 1.29 is 27.1 Å². The molecule has 0 fully saturated rings. The number of anilines is 1. The van der Waals surface area contributed by atoms with Crippen LogP contribution in [0, 0.1) is 5.82 Å². The number of nitrogens with one attached hydrogen (secondary N) is 3. The molecule has 1 amide bonds. The standard InChI is InChI=1S/C20H14F4N4O3/c21-13-8-12(4-5-15(13)31-20(22,23)24)19(10-27-14-2-1-7-25-17(14)19)28-18(30)11-3-6-16(29)26-9-11/h1-9,27H,10H2,(H,26,29)(H,28,30)/t19-/m0/s1. The fourth-order valence-electron chi connectivity index (χ4n) is 3.41. The number of nitrogens with zero attached hydrogens (tertiary/aromatic N) is 1. The first-order valence-electron chi connectivity index (χ1n) is 8.94. The maximum atomic E-state index is 14.5. The molecule has 31 heavy (non-hydrogen) atoms.